The van der Waals surface area contributed by atoms with Gasteiger partial charge in [0.2, 0.25) is 0 Å². The van der Waals surface area contributed by atoms with Crippen molar-refractivity contribution in [1.82, 2.24) is 0 Å². The SMILES string of the molecule is C=CC/C(C)=C(O)/C(C)=C\C.CC. The molecule has 0 unspecified atom stereocenters. The van der Waals surface area contributed by atoms with Gasteiger partial charge in [0, 0.05) is 0 Å². The molecule has 0 aliphatic rings. The van der Waals surface area contributed by atoms with Crippen LogP contribution in [0, 0.1) is 0 Å². The van der Waals surface area contributed by atoms with Gasteiger partial charge in [-0.25, -0.2) is 0 Å². The summed E-state index contributed by atoms with van der Waals surface area (Å²) in [5.41, 5.74) is 1.89. The fraction of sp³-hybridized carbons (Fsp3) is 0.500. The van der Waals surface area contributed by atoms with Crippen molar-refractivity contribution in [2.45, 2.75) is 41.0 Å². The van der Waals surface area contributed by atoms with Crippen LogP contribution in [0.2, 0.25) is 0 Å². The van der Waals surface area contributed by atoms with Crippen molar-refractivity contribution in [3.8, 4) is 0 Å². The van der Waals surface area contributed by atoms with Crippen LogP contribution >= 0.6 is 0 Å². The maximum Gasteiger partial charge on any atom is 0.117 e. The van der Waals surface area contributed by atoms with Gasteiger partial charge in [0.1, 0.15) is 5.76 Å². The van der Waals surface area contributed by atoms with Gasteiger partial charge in [0.05, 0.1) is 0 Å². The van der Waals surface area contributed by atoms with Crippen molar-refractivity contribution in [1.29, 1.82) is 0 Å². The zero-order chi connectivity index (χ0) is 10.9. The van der Waals surface area contributed by atoms with Crippen LogP contribution in [0.15, 0.2) is 35.6 Å². The fourth-order valence-electron chi connectivity index (χ4n) is 0.786. The normalized spacial score (nSPS) is 12.5. The highest BCUT2D eigenvalue weighted by Gasteiger charge is 1.98. The Kier molecular flexibility index (Phi) is 10.2. The first kappa shape index (κ1) is 14.5. The molecule has 0 aliphatic heterocycles. The molecular formula is C12H22O. The zero-order valence-electron chi connectivity index (χ0n) is 9.52. The largest absolute Gasteiger partial charge is 0.508 e. The van der Waals surface area contributed by atoms with Crippen molar-refractivity contribution in [3.05, 3.63) is 35.6 Å². The Balaban J connectivity index is 0. The van der Waals surface area contributed by atoms with E-state index in [1.54, 1.807) is 6.08 Å². The number of allylic oxidation sites excluding steroid dienone is 4. The van der Waals surface area contributed by atoms with E-state index in [9.17, 15) is 5.11 Å². The highest BCUT2D eigenvalue weighted by Crippen LogP contribution is 2.13. The summed E-state index contributed by atoms with van der Waals surface area (Å²) >= 11 is 0. The van der Waals surface area contributed by atoms with Crippen LogP contribution in [0.25, 0.3) is 0 Å². The van der Waals surface area contributed by atoms with Crippen molar-refractivity contribution in [3.63, 3.8) is 0 Å². The summed E-state index contributed by atoms with van der Waals surface area (Å²) in [7, 11) is 0. The number of rotatable bonds is 3. The Morgan fingerprint density at radius 2 is 1.77 bits per heavy atom. The second-order valence-corrected chi connectivity index (χ2v) is 2.59. The van der Waals surface area contributed by atoms with Crippen molar-refractivity contribution in [2.24, 2.45) is 0 Å². The Bertz CT molecular complexity index is 197. The highest BCUT2D eigenvalue weighted by atomic mass is 16.3. The lowest BCUT2D eigenvalue weighted by Gasteiger charge is -2.03. The molecule has 0 radical (unpaired) electrons. The molecule has 1 N–H and O–H groups in total. The summed E-state index contributed by atoms with van der Waals surface area (Å²) in [4.78, 5) is 0. The van der Waals surface area contributed by atoms with E-state index < -0.39 is 0 Å². The van der Waals surface area contributed by atoms with Gasteiger partial charge >= 0.3 is 0 Å². The van der Waals surface area contributed by atoms with E-state index in [0.29, 0.717) is 5.76 Å². The first-order valence-corrected chi connectivity index (χ1v) is 4.76. The van der Waals surface area contributed by atoms with Crippen molar-refractivity contribution >= 4 is 0 Å². The molecular weight excluding hydrogens is 160 g/mol. The third kappa shape index (κ3) is 6.21. The fourth-order valence-corrected chi connectivity index (χ4v) is 0.786. The number of aliphatic hydroxyl groups excluding tert-OH is 1. The van der Waals surface area contributed by atoms with Crippen LogP contribution in [-0.4, -0.2) is 5.11 Å². The minimum atomic E-state index is 0.396. The first-order valence-electron chi connectivity index (χ1n) is 4.76. The minimum absolute atomic E-state index is 0.396. The molecule has 0 fully saturated rings. The Hall–Kier alpha value is -0.980. The molecule has 0 amide bonds. The Labute approximate surface area is 82.5 Å². The van der Waals surface area contributed by atoms with Crippen LogP contribution in [0.1, 0.15) is 41.0 Å². The van der Waals surface area contributed by atoms with E-state index in [4.69, 9.17) is 0 Å². The molecule has 1 nitrogen and oxygen atoms in total. The Morgan fingerprint density at radius 1 is 1.31 bits per heavy atom. The smallest absolute Gasteiger partial charge is 0.117 e. The molecule has 0 aromatic carbocycles. The van der Waals surface area contributed by atoms with Crippen LogP contribution in [0.5, 0.6) is 0 Å². The van der Waals surface area contributed by atoms with Gasteiger partial charge in [-0.15, -0.1) is 6.58 Å². The van der Waals surface area contributed by atoms with Gasteiger partial charge < -0.3 is 5.11 Å². The second-order valence-electron chi connectivity index (χ2n) is 2.59. The standard InChI is InChI=1S/C10H16O.C2H6/c1-5-7-9(4)10(11)8(3)6-2;1-2/h5-6,11H,1,7H2,2-4H3;1-2H3/b8-6-,10-9-;. The maximum atomic E-state index is 9.48. The van der Waals surface area contributed by atoms with E-state index in [2.05, 4.69) is 6.58 Å². The molecule has 0 bridgehead atoms. The molecule has 76 valence electrons. The molecule has 0 rings (SSSR count). The van der Waals surface area contributed by atoms with Gasteiger partial charge in [-0.3, -0.25) is 0 Å². The molecule has 0 atom stereocenters. The topological polar surface area (TPSA) is 20.2 Å². The summed E-state index contributed by atoms with van der Waals surface area (Å²) in [6, 6.07) is 0. The van der Waals surface area contributed by atoms with Gasteiger partial charge in [-0.05, 0) is 38.3 Å². The summed E-state index contributed by atoms with van der Waals surface area (Å²) in [5, 5.41) is 9.48. The highest BCUT2D eigenvalue weighted by molar-refractivity contribution is 5.27. The zero-order valence-corrected chi connectivity index (χ0v) is 9.52. The van der Waals surface area contributed by atoms with E-state index in [-0.39, 0.29) is 0 Å². The number of hydrogen-bond donors (Lipinski definition) is 1. The molecule has 0 spiro atoms. The molecule has 1 heteroatoms. The third-order valence-electron chi connectivity index (χ3n) is 1.66. The number of aliphatic hydroxyl groups is 1. The van der Waals surface area contributed by atoms with Crippen molar-refractivity contribution < 1.29 is 5.11 Å². The van der Waals surface area contributed by atoms with Gasteiger partial charge in [0.15, 0.2) is 0 Å². The van der Waals surface area contributed by atoms with E-state index in [1.807, 2.05) is 40.7 Å². The van der Waals surface area contributed by atoms with E-state index in [1.165, 1.54) is 0 Å². The summed E-state index contributed by atoms with van der Waals surface area (Å²) in [5.74, 6) is 0.396. The average Bonchev–Trinajstić information content (AvgIpc) is 2.19. The van der Waals surface area contributed by atoms with E-state index in [0.717, 1.165) is 17.6 Å². The molecule has 13 heavy (non-hydrogen) atoms. The van der Waals surface area contributed by atoms with Crippen LogP contribution in [0.4, 0.5) is 0 Å². The van der Waals surface area contributed by atoms with Gasteiger partial charge in [-0.1, -0.05) is 26.0 Å². The first-order chi connectivity index (χ1) is 6.13. The summed E-state index contributed by atoms with van der Waals surface area (Å²) in [6.45, 7) is 13.3. The second kappa shape index (κ2) is 9.11. The molecule has 0 heterocycles. The van der Waals surface area contributed by atoms with E-state index >= 15 is 0 Å². The lowest BCUT2D eigenvalue weighted by Crippen LogP contribution is -1.88. The lowest BCUT2D eigenvalue weighted by molar-refractivity contribution is 0.415. The van der Waals surface area contributed by atoms with Crippen LogP contribution in [-0.2, 0) is 0 Å². The molecule has 0 aromatic rings. The Morgan fingerprint density at radius 3 is 2.08 bits per heavy atom. The quantitative estimate of drug-likeness (QED) is 0.390. The van der Waals surface area contributed by atoms with Gasteiger partial charge in [-0.2, -0.15) is 0 Å². The molecule has 0 aromatic heterocycles. The maximum absolute atomic E-state index is 9.48. The number of hydrogen-bond acceptors (Lipinski definition) is 1. The average molecular weight is 182 g/mol. The van der Waals surface area contributed by atoms with Crippen molar-refractivity contribution in [2.75, 3.05) is 0 Å². The molecule has 0 aliphatic carbocycles. The predicted octanol–water partition coefficient (Wildman–Crippen LogP) is 4.39. The third-order valence-corrected chi connectivity index (χ3v) is 1.66. The van der Waals surface area contributed by atoms with Crippen LogP contribution < -0.4 is 0 Å². The van der Waals surface area contributed by atoms with Gasteiger partial charge in [0.25, 0.3) is 0 Å². The summed E-state index contributed by atoms with van der Waals surface area (Å²) in [6.07, 6.45) is 4.42. The monoisotopic (exact) mass is 182 g/mol. The van der Waals surface area contributed by atoms with Crippen LogP contribution in [0.3, 0.4) is 0 Å². The molecule has 0 saturated heterocycles. The molecule has 0 saturated carbocycles. The minimum Gasteiger partial charge on any atom is -0.508 e. The predicted molar refractivity (Wildman–Crippen MR) is 60.9 cm³/mol. The lowest BCUT2D eigenvalue weighted by atomic mass is 10.1. The summed E-state index contributed by atoms with van der Waals surface area (Å²) < 4.78 is 0.